The normalized spacial score (nSPS) is 21.7. The van der Waals surface area contributed by atoms with E-state index in [1.807, 2.05) is 43.3 Å². The van der Waals surface area contributed by atoms with Crippen LogP contribution in [0.2, 0.25) is 0 Å². The molecule has 10 heteroatoms. The molecule has 47 heavy (non-hydrogen) atoms. The molecule has 7 rings (SSSR count). The molecule has 4 heterocycles. The highest BCUT2D eigenvalue weighted by Gasteiger charge is 2.29. The molecule has 0 atom stereocenters. The third kappa shape index (κ3) is 6.72. The SMILES string of the molecule is COc1ccccc1-c1cc(C(=O)Nc2nc3ccc(N4CCC(N5CCN(C)CC5)CC4)cc3n2[C@H]2CC[C@@H](O)CC2)cc(C)n1. The second kappa shape index (κ2) is 13.6. The first-order valence-electron chi connectivity index (χ1n) is 17.2. The van der Waals surface area contributed by atoms with E-state index in [0.29, 0.717) is 29.0 Å². The molecule has 1 aliphatic carbocycles. The van der Waals surface area contributed by atoms with Crippen molar-refractivity contribution >= 4 is 28.6 Å². The van der Waals surface area contributed by atoms with Crippen molar-refractivity contribution in [3.8, 4) is 17.0 Å². The number of aliphatic hydroxyl groups excluding tert-OH is 1. The van der Waals surface area contributed by atoms with Crippen molar-refractivity contribution in [1.29, 1.82) is 0 Å². The molecule has 2 N–H and O–H groups in total. The van der Waals surface area contributed by atoms with Crippen LogP contribution in [0.15, 0.2) is 54.6 Å². The number of nitrogens with one attached hydrogen (secondary N) is 1. The molecule has 2 saturated heterocycles. The minimum Gasteiger partial charge on any atom is -0.496 e. The number of para-hydroxylation sites is 1. The number of anilines is 2. The Morgan fingerprint density at radius 1 is 0.872 bits per heavy atom. The third-order valence-corrected chi connectivity index (χ3v) is 10.4. The second-order valence-electron chi connectivity index (χ2n) is 13.5. The zero-order valence-electron chi connectivity index (χ0n) is 27.9. The topological polar surface area (TPSA) is 99.0 Å². The molecule has 2 aromatic heterocycles. The molecular formula is C37H47N7O3. The van der Waals surface area contributed by atoms with Gasteiger partial charge in [0, 0.05) is 73.9 Å². The highest BCUT2D eigenvalue weighted by molar-refractivity contribution is 6.05. The van der Waals surface area contributed by atoms with E-state index in [0.717, 1.165) is 87.2 Å². The van der Waals surface area contributed by atoms with Crippen LogP contribution in [0.4, 0.5) is 11.6 Å². The van der Waals surface area contributed by atoms with E-state index in [1.165, 1.54) is 18.5 Å². The summed E-state index contributed by atoms with van der Waals surface area (Å²) in [5.41, 5.74) is 5.87. The van der Waals surface area contributed by atoms with Crippen molar-refractivity contribution in [2.45, 2.75) is 63.6 Å². The maximum absolute atomic E-state index is 13.9. The third-order valence-electron chi connectivity index (χ3n) is 10.4. The predicted octanol–water partition coefficient (Wildman–Crippen LogP) is 5.36. The van der Waals surface area contributed by atoms with Crippen LogP contribution >= 0.6 is 0 Å². The summed E-state index contributed by atoms with van der Waals surface area (Å²) in [6, 6.07) is 18.7. The Morgan fingerprint density at radius 2 is 1.62 bits per heavy atom. The molecule has 10 nitrogen and oxygen atoms in total. The summed E-state index contributed by atoms with van der Waals surface area (Å²) in [5.74, 6) is 1.02. The van der Waals surface area contributed by atoms with Gasteiger partial charge in [0.2, 0.25) is 5.95 Å². The summed E-state index contributed by atoms with van der Waals surface area (Å²) in [6.07, 6.45) is 5.22. The molecule has 2 aromatic carbocycles. The minimum absolute atomic E-state index is 0.139. The molecule has 3 fully saturated rings. The van der Waals surface area contributed by atoms with E-state index >= 15 is 0 Å². The van der Waals surface area contributed by atoms with E-state index in [1.54, 1.807) is 7.11 Å². The van der Waals surface area contributed by atoms with Crippen LogP contribution in [-0.4, -0.2) is 101 Å². The fraction of sp³-hybridized carbons (Fsp3) is 0.486. The number of hydrogen-bond donors (Lipinski definition) is 2. The van der Waals surface area contributed by atoms with Gasteiger partial charge in [0.25, 0.3) is 5.91 Å². The Labute approximate surface area is 277 Å². The van der Waals surface area contributed by atoms with Gasteiger partial charge in [-0.05, 0) is 95.0 Å². The number of benzene rings is 2. The van der Waals surface area contributed by atoms with Gasteiger partial charge in [-0.25, -0.2) is 4.98 Å². The standard InChI is InChI=1S/C37H47N7O3/c1-25-22-26(23-33(38-25)31-6-4-5-7-35(31)47-3)36(46)40-37-39-32-13-10-29(24-34(32)44(37)28-8-11-30(45)12-9-28)42-16-14-27(15-17-42)43-20-18-41(2)19-21-43/h4-7,10,13,22-24,27-28,30,45H,8-9,11-12,14-21H2,1-3H3,(H,39,40,46)/t28-,30+. The summed E-state index contributed by atoms with van der Waals surface area (Å²) in [4.78, 5) is 31.2. The quantitative estimate of drug-likeness (QED) is 0.280. The lowest BCUT2D eigenvalue weighted by Gasteiger charge is -2.42. The van der Waals surface area contributed by atoms with E-state index in [-0.39, 0.29) is 18.1 Å². The number of likely N-dealkylation sites (N-methyl/N-ethyl adjacent to an activating group) is 1. The summed E-state index contributed by atoms with van der Waals surface area (Å²) < 4.78 is 7.79. The van der Waals surface area contributed by atoms with E-state index in [4.69, 9.17) is 14.7 Å². The molecule has 1 amide bonds. The molecule has 248 valence electrons. The molecule has 0 radical (unpaired) electrons. The highest BCUT2D eigenvalue weighted by Crippen LogP contribution is 2.37. The minimum atomic E-state index is -0.274. The average Bonchev–Trinajstić information content (AvgIpc) is 3.45. The second-order valence-corrected chi connectivity index (χ2v) is 13.5. The molecular weight excluding hydrogens is 590 g/mol. The van der Waals surface area contributed by atoms with Gasteiger partial charge in [-0.1, -0.05) is 12.1 Å². The lowest BCUT2D eigenvalue weighted by molar-refractivity contribution is 0.0982. The number of piperidine rings is 1. The summed E-state index contributed by atoms with van der Waals surface area (Å²) in [5, 5.41) is 13.5. The number of nitrogens with zero attached hydrogens (tertiary/aromatic N) is 6. The Bertz CT molecular complexity index is 1710. The van der Waals surface area contributed by atoms with Gasteiger partial charge in [-0.2, -0.15) is 0 Å². The van der Waals surface area contributed by atoms with Crippen molar-refractivity contribution in [2.75, 3.05) is 63.6 Å². The first-order chi connectivity index (χ1) is 22.9. The number of ether oxygens (including phenoxy) is 1. The number of carbonyl (C=O) groups is 1. The lowest BCUT2D eigenvalue weighted by Crippen LogP contribution is -2.52. The van der Waals surface area contributed by atoms with Gasteiger partial charge in [0.05, 0.1) is 29.9 Å². The summed E-state index contributed by atoms with van der Waals surface area (Å²) in [7, 11) is 3.85. The number of hydrogen-bond acceptors (Lipinski definition) is 8. The summed E-state index contributed by atoms with van der Waals surface area (Å²) in [6.45, 7) is 8.60. The van der Waals surface area contributed by atoms with Gasteiger partial charge in [-0.3, -0.25) is 20.0 Å². The fourth-order valence-corrected chi connectivity index (χ4v) is 7.70. The van der Waals surface area contributed by atoms with Crippen LogP contribution in [0.25, 0.3) is 22.3 Å². The number of methoxy groups -OCH3 is 1. The number of rotatable bonds is 7. The zero-order chi connectivity index (χ0) is 32.5. The molecule has 0 spiro atoms. The Hall–Kier alpha value is -3.99. The number of fused-ring (bicyclic) bond motifs is 1. The summed E-state index contributed by atoms with van der Waals surface area (Å²) >= 11 is 0. The van der Waals surface area contributed by atoms with Gasteiger partial charge < -0.3 is 24.2 Å². The molecule has 0 bridgehead atoms. The number of piperazine rings is 1. The van der Waals surface area contributed by atoms with Crippen LogP contribution in [0.5, 0.6) is 5.75 Å². The number of imidazole rings is 1. The van der Waals surface area contributed by atoms with Crippen LogP contribution in [0.3, 0.4) is 0 Å². The van der Waals surface area contributed by atoms with Crippen LogP contribution in [0.1, 0.15) is 60.6 Å². The van der Waals surface area contributed by atoms with Crippen molar-refractivity contribution in [2.24, 2.45) is 0 Å². The molecule has 0 unspecified atom stereocenters. The average molecular weight is 638 g/mol. The highest BCUT2D eigenvalue weighted by atomic mass is 16.5. The predicted molar refractivity (Wildman–Crippen MR) is 186 cm³/mol. The van der Waals surface area contributed by atoms with E-state index in [2.05, 4.69) is 49.8 Å². The molecule has 3 aliphatic rings. The van der Waals surface area contributed by atoms with Crippen molar-refractivity contribution in [3.63, 3.8) is 0 Å². The van der Waals surface area contributed by atoms with Crippen molar-refractivity contribution in [3.05, 3.63) is 65.9 Å². The fourth-order valence-electron chi connectivity index (χ4n) is 7.70. The monoisotopic (exact) mass is 637 g/mol. The van der Waals surface area contributed by atoms with Crippen LogP contribution in [-0.2, 0) is 0 Å². The molecule has 4 aromatic rings. The number of aromatic nitrogens is 3. The van der Waals surface area contributed by atoms with Gasteiger partial charge in [-0.15, -0.1) is 0 Å². The lowest BCUT2D eigenvalue weighted by atomic mass is 9.93. The number of aliphatic hydroxyl groups is 1. The Kier molecular flexibility index (Phi) is 9.16. The molecule has 2 aliphatic heterocycles. The first-order valence-corrected chi connectivity index (χ1v) is 17.2. The maximum Gasteiger partial charge on any atom is 0.258 e. The van der Waals surface area contributed by atoms with Gasteiger partial charge >= 0.3 is 0 Å². The number of amides is 1. The van der Waals surface area contributed by atoms with Gasteiger partial charge in [0.15, 0.2) is 0 Å². The van der Waals surface area contributed by atoms with Crippen molar-refractivity contribution < 1.29 is 14.6 Å². The van der Waals surface area contributed by atoms with Crippen LogP contribution < -0.4 is 15.0 Å². The van der Waals surface area contributed by atoms with Crippen LogP contribution in [0, 0.1) is 6.92 Å². The van der Waals surface area contributed by atoms with E-state index in [9.17, 15) is 9.90 Å². The smallest absolute Gasteiger partial charge is 0.258 e. The number of carbonyl (C=O) groups excluding carboxylic acids is 1. The van der Waals surface area contributed by atoms with E-state index < -0.39 is 0 Å². The molecule has 1 saturated carbocycles. The maximum atomic E-state index is 13.9. The van der Waals surface area contributed by atoms with Gasteiger partial charge in [0.1, 0.15) is 5.75 Å². The largest absolute Gasteiger partial charge is 0.496 e. The van der Waals surface area contributed by atoms with Crippen molar-refractivity contribution in [1.82, 2.24) is 24.3 Å². The Morgan fingerprint density at radius 3 is 2.36 bits per heavy atom. The first kappa shape index (κ1) is 31.6. The number of aryl methyl sites for hydroxylation is 1. The zero-order valence-corrected chi connectivity index (χ0v) is 27.9. The number of pyridine rings is 1. The Balaban J connectivity index is 1.16.